The van der Waals surface area contributed by atoms with Crippen molar-refractivity contribution in [2.24, 2.45) is 0 Å². The SMILES string of the molecule is O=[PH]([O-])OC(CCCc1cccc(Oc2ccc(F)c(F)c2)c1)S(=O)(=O)[O-].[K+].[K+]. The van der Waals surface area contributed by atoms with E-state index in [1.807, 2.05) is 0 Å². The molecule has 29 heavy (non-hydrogen) atoms. The maximum absolute atomic E-state index is 13.2. The molecule has 2 aromatic carbocycles. The topological polar surface area (TPSA) is 116 Å². The van der Waals surface area contributed by atoms with Gasteiger partial charge < -0.3 is 23.3 Å². The molecule has 0 aliphatic rings. The second-order valence-electron chi connectivity index (χ2n) is 5.51. The van der Waals surface area contributed by atoms with Gasteiger partial charge in [0.15, 0.2) is 17.1 Å². The molecule has 0 saturated carbocycles. The molecule has 148 valence electrons. The molecule has 2 rings (SSSR count). The molecule has 0 radical (unpaired) electrons. The minimum absolute atomic E-state index is 0. The summed E-state index contributed by atoms with van der Waals surface area (Å²) >= 11 is 0. The molecular weight excluding hydrogens is 483 g/mol. The normalized spacial score (nSPS) is 13.0. The number of aryl methyl sites for hydroxylation is 1. The fraction of sp³-hybridized carbons (Fsp3) is 0.250. The zero-order valence-electron chi connectivity index (χ0n) is 15.8. The van der Waals surface area contributed by atoms with Crippen LogP contribution in [0.3, 0.4) is 0 Å². The molecule has 13 heteroatoms. The number of benzene rings is 2. The summed E-state index contributed by atoms with van der Waals surface area (Å²) in [5, 5.41) is 0. The number of hydrogen-bond acceptors (Lipinski definition) is 7. The van der Waals surface area contributed by atoms with Crippen LogP contribution < -0.4 is 112 Å². The van der Waals surface area contributed by atoms with E-state index >= 15 is 0 Å². The molecule has 0 amide bonds. The minimum atomic E-state index is -4.91. The third-order valence-electron chi connectivity index (χ3n) is 3.48. The third-order valence-corrected chi connectivity index (χ3v) is 5.10. The average molecular weight is 499 g/mol. The van der Waals surface area contributed by atoms with Crippen molar-refractivity contribution in [1.29, 1.82) is 0 Å². The number of halogens is 2. The van der Waals surface area contributed by atoms with Gasteiger partial charge >= 0.3 is 103 Å². The van der Waals surface area contributed by atoms with Crippen molar-refractivity contribution in [1.82, 2.24) is 0 Å². The fourth-order valence-corrected chi connectivity index (χ4v) is 3.78. The van der Waals surface area contributed by atoms with Crippen LogP contribution in [-0.2, 0) is 25.6 Å². The predicted octanol–water partition coefficient (Wildman–Crippen LogP) is -3.27. The zero-order valence-corrected chi connectivity index (χ0v) is 23.8. The van der Waals surface area contributed by atoms with Crippen molar-refractivity contribution < 1.29 is 143 Å². The molecule has 0 bridgehead atoms. The van der Waals surface area contributed by atoms with Gasteiger partial charge in [0, 0.05) is 6.07 Å². The Morgan fingerprint density at radius 3 is 2.28 bits per heavy atom. The minimum Gasteiger partial charge on any atom is -0.781 e. The Morgan fingerprint density at radius 2 is 1.69 bits per heavy atom. The van der Waals surface area contributed by atoms with Crippen molar-refractivity contribution in [3.63, 3.8) is 0 Å². The van der Waals surface area contributed by atoms with E-state index in [1.165, 1.54) is 6.07 Å². The molecule has 0 saturated heterocycles. The van der Waals surface area contributed by atoms with Gasteiger partial charge in [-0.3, -0.25) is 0 Å². The average Bonchev–Trinajstić information content (AvgIpc) is 2.56. The van der Waals surface area contributed by atoms with Crippen LogP contribution in [0.2, 0.25) is 0 Å². The first kappa shape index (κ1) is 30.4. The van der Waals surface area contributed by atoms with Gasteiger partial charge in [0.05, 0.1) is 0 Å². The Labute approximate surface area is 253 Å². The largest absolute Gasteiger partial charge is 1.00 e. The van der Waals surface area contributed by atoms with E-state index < -0.39 is 35.4 Å². The van der Waals surface area contributed by atoms with Crippen LogP contribution in [0, 0.1) is 11.6 Å². The summed E-state index contributed by atoms with van der Waals surface area (Å²) in [6.07, 6.45) is 0.179. The van der Waals surface area contributed by atoms with Crippen LogP contribution >= 0.6 is 8.25 Å². The summed E-state index contributed by atoms with van der Waals surface area (Å²) < 4.78 is 79.3. The molecule has 0 fully saturated rings. The van der Waals surface area contributed by atoms with E-state index in [2.05, 4.69) is 4.52 Å². The second kappa shape index (κ2) is 14.6. The van der Waals surface area contributed by atoms with E-state index in [1.54, 1.807) is 24.3 Å². The molecule has 0 heterocycles. The first-order valence-corrected chi connectivity index (χ1v) is 10.4. The molecule has 2 atom stereocenters. The number of ether oxygens (including phenoxy) is 1. The van der Waals surface area contributed by atoms with Crippen molar-refractivity contribution in [2.75, 3.05) is 0 Å². The van der Waals surface area contributed by atoms with Crippen molar-refractivity contribution in [2.45, 2.75) is 24.7 Å². The van der Waals surface area contributed by atoms with Crippen LogP contribution in [0.5, 0.6) is 11.5 Å². The first-order valence-electron chi connectivity index (χ1n) is 7.69. The van der Waals surface area contributed by atoms with E-state index in [-0.39, 0.29) is 121 Å². The standard InChI is InChI=1S/C16H17F2O7PS.2K/c17-14-8-7-13(10-15(14)18)24-12-5-1-3-11(9-12)4-2-6-16(25-26(19)20)27(21,22)23;;/h1,3,5,7-10,16,26H,2,4,6H2,(H,19,20)(H,21,22,23);;/q;2*+1/p-2. The van der Waals surface area contributed by atoms with Gasteiger partial charge in [-0.25, -0.2) is 17.2 Å². The predicted molar refractivity (Wildman–Crippen MR) is 89.4 cm³/mol. The van der Waals surface area contributed by atoms with Gasteiger partial charge in [-0.15, -0.1) is 0 Å². The summed E-state index contributed by atoms with van der Waals surface area (Å²) in [6.45, 7) is 0. The van der Waals surface area contributed by atoms with Crippen LogP contribution in [0.1, 0.15) is 18.4 Å². The van der Waals surface area contributed by atoms with Crippen LogP contribution in [-0.4, -0.2) is 18.4 Å². The molecule has 0 N–H and O–H groups in total. The zero-order chi connectivity index (χ0) is 20.0. The van der Waals surface area contributed by atoms with E-state index in [4.69, 9.17) is 4.74 Å². The summed E-state index contributed by atoms with van der Waals surface area (Å²) in [5.41, 5.74) is -1.25. The van der Waals surface area contributed by atoms with Gasteiger partial charge in [0.25, 0.3) is 0 Å². The maximum Gasteiger partial charge on any atom is 1.00 e. The molecule has 0 aliphatic heterocycles. The molecule has 2 unspecified atom stereocenters. The van der Waals surface area contributed by atoms with Gasteiger partial charge in [0.2, 0.25) is 0 Å². The van der Waals surface area contributed by atoms with Gasteiger partial charge in [-0.1, -0.05) is 12.1 Å². The van der Waals surface area contributed by atoms with Gasteiger partial charge in [-0.2, -0.15) is 0 Å². The van der Waals surface area contributed by atoms with E-state index in [9.17, 15) is 31.2 Å². The van der Waals surface area contributed by atoms with E-state index in [0.717, 1.165) is 12.1 Å². The first-order chi connectivity index (χ1) is 12.6. The Balaban J connectivity index is 0.00000392. The summed E-state index contributed by atoms with van der Waals surface area (Å²) in [4.78, 5) is 10.5. The van der Waals surface area contributed by atoms with E-state index in [0.29, 0.717) is 17.7 Å². The fourth-order valence-electron chi connectivity index (χ4n) is 2.28. The number of rotatable bonds is 9. The molecule has 0 aliphatic carbocycles. The molecule has 0 spiro atoms. The van der Waals surface area contributed by atoms with Gasteiger partial charge in [0.1, 0.15) is 29.9 Å². The Bertz CT molecular complexity index is 931. The van der Waals surface area contributed by atoms with Crippen LogP contribution in [0.15, 0.2) is 42.5 Å². The van der Waals surface area contributed by atoms with Gasteiger partial charge in [-0.05, 0) is 49.1 Å². The Kier molecular flexibility index (Phi) is 15.3. The Hall–Kier alpha value is 1.43. The van der Waals surface area contributed by atoms with Crippen molar-refractivity contribution in [3.05, 3.63) is 59.7 Å². The molecule has 2 aromatic rings. The Morgan fingerprint density at radius 1 is 1.03 bits per heavy atom. The number of hydrogen-bond donors (Lipinski definition) is 0. The molecular formula is C16H15F2K2O7PS. The monoisotopic (exact) mass is 498 g/mol. The summed E-state index contributed by atoms with van der Waals surface area (Å²) in [5.74, 6) is -1.61. The van der Waals surface area contributed by atoms with Crippen LogP contribution in [0.25, 0.3) is 0 Å². The smallest absolute Gasteiger partial charge is 0.781 e. The van der Waals surface area contributed by atoms with Crippen molar-refractivity contribution >= 4 is 18.4 Å². The van der Waals surface area contributed by atoms with Crippen LogP contribution in [0.4, 0.5) is 8.78 Å². The molecule has 0 aromatic heterocycles. The van der Waals surface area contributed by atoms with Crippen molar-refractivity contribution in [3.8, 4) is 11.5 Å². The maximum atomic E-state index is 13.2. The second-order valence-corrected chi connectivity index (χ2v) is 7.75. The summed E-state index contributed by atoms with van der Waals surface area (Å²) in [7, 11) is -8.72. The summed E-state index contributed by atoms with van der Waals surface area (Å²) in [6, 6.07) is 9.61. The quantitative estimate of drug-likeness (QED) is 0.202. The molecule has 7 nitrogen and oxygen atoms in total. The third kappa shape index (κ3) is 11.2.